The molecule has 8 heteroatoms. The molecule has 1 aromatic heterocycles. The second-order valence-corrected chi connectivity index (χ2v) is 8.38. The zero-order chi connectivity index (χ0) is 23.3. The summed E-state index contributed by atoms with van der Waals surface area (Å²) >= 11 is 0. The fourth-order valence-corrected chi connectivity index (χ4v) is 4.20. The SMILES string of the molecule is O=C(Cc1ccc(-c2ccccc2)cc1)N1CCN(Cc2nnnn2-c2cccc(F)c2)CC1. The highest BCUT2D eigenvalue weighted by Gasteiger charge is 2.23. The second-order valence-electron chi connectivity index (χ2n) is 8.38. The number of rotatable bonds is 6. The summed E-state index contributed by atoms with van der Waals surface area (Å²) in [5, 5.41) is 11.9. The molecular formula is C26H25FN6O. The van der Waals surface area contributed by atoms with Gasteiger partial charge in [-0.2, -0.15) is 4.68 Å². The van der Waals surface area contributed by atoms with Crippen LogP contribution < -0.4 is 0 Å². The Morgan fingerprint density at radius 2 is 1.59 bits per heavy atom. The number of carbonyl (C=O) groups is 1. The van der Waals surface area contributed by atoms with E-state index >= 15 is 0 Å². The molecule has 172 valence electrons. The maximum Gasteiger partial charge on any atom is 0.227 e. The molecule has 4 aromatic rings. The van der Waals surface area contributed by atoms with Crippen molar-refractivity contribution in [2.24, 2.45) is 0 Å². The van der Waals surface area contributed by atoms with Gasteiger partial charge in [0.05, 0.1) is 18.7 Å². The Bertz CT molecular complexity index is 1250. The molecule has 7 nitrogen and oxygen atoms in total. The van der Waals surface area contributed by atoms with E-state index in [9.17, 15) is 9.18 Å². The zero-order valence-corrected chi connectivity index (χ0v) is 18.7. The molecule has 0 saturated carbocycles. The summed E-state index contributed by atoms with van der Waals surface area (Å²) in [6, 6.07) is 24.6. The third-order valence-electron chi connectivity index (χ3n) is 6.09. The van der Waals surface area contributed by atoms with E-state index in [-0.39, 0.29) is 11.7 Å². The lowest BCUT2D eigenvalue weighted by atomic mass is 10.0. The average Bonchev–Trinajstić information content (AvgIpc) is 3.33. The van der Waals surface area contributed by atoms with E-state index in [4.69, 9.17) is 0 Å². The third kappa shape index (κ3) is 5.02. The van der Waals surface area contributed by atoms with Gasteiger partial charge in [-0.05, 0) is 45.3 Å². The summed E-state index contributed by atoms with van der Waals surface area (Å²) in [5.41, 5.74) is 3.92. The first-order chi connectivity index (χ1) is 16.7. The minimum Gasteiger partial charge on any atom is -0.340 e. The highest BCUT2D eigenvalue weighted by molar-refractivity contribution is 5.79. The molecule has 34 heavy (non-hydrogen) atoms. The summed E-state index contributed by atoms with van der Waals surface area (Å²) in [6.45, 7) is 3.31. The van der Waals surface area contributed by atoms with Crippen molar-refractivity contribution in [3.05, 3.63) is 96.1 Å². The van der Waals surface area contributed by atoms with Gasteiger partial charge in [0.1, 0.15) is 5.82 Å². The Morgan fingerprint density at radius 3 is 2.32 bits per heavy atom. The molecule has 0 radical (unpaired) electrons. The van der Waals surface area contributed by atoms with Crippen LogP contribution in [0.1, 0.15) is 11.4 Å². The fraction of sp³-hybridized carbons (Fsp3) is 0.231. The van der Waals surface area contributed by atoms with Crippen molar-refractivity contribution in [1.82, 2.24) is 30.0 Å². The first-order valence-corrected chi connectivity index (χ1v) is 11.3. The van der Waals surface area contributed by atoms with E-state index in [1.54, 1.807) is 16.8 Å². The molecule has 1 aliphatic heterocycles. The first-order valence-electron chi connectivity index (χ1n) is 11.3. The van der Waals surface area contributed by atoms with Crippen LogP contribution >= 0.6 is 0 Å². The van der Waals surface area contributed by atoms with Gasteiger partial charge in [-0.3, -0.25) is 9.69 Å². The second kappa shape index (κ2) is 9.93. The molecule has 0 unspecified atom stereocenters. The molecule has 0 aliphatic carbocycles. The van der Waals surface area contributed by atoms with Gasteiger partial charge in [-0.1, -0.05) is 60.7 Å². The maximum atomic E-state index is 13.6. The van der Waals surface area contributed by atoms with E-state index in [0.717, 1.165) is 24.2 Å². The van der Waals surface area contributed by atoms with E-state index in [0.29, 0.717) is 37.6 Å². The van der Waals surface area contributed by atoms with Crippen LogP contribution in [-0.4, -0.2) is 62.1 Å². The molecule has 1 saturated heterocycles. The van der Waals surface area contributed by atoms with Gasteiger partial charge in [-0.15, -0.1) is 5.10 Å². The lowest BCUT2D eigenvalue weighted by Gasteiger charge is -2.34. The number of hydrogen-bond donors (Lipinski definition) is 0. The van der Waals surface area contributed by atoms with Gasteiger partial charge < -0.3 is 4.90 Å². The van der Waals surface area contributed by atoms with Gasteiger partial charge in [0.25, 0.3) is 0 Å². The van der Waals surface area contributed by atoms with Crippen LogP contribution in [0.4, 0.5) is 4.39 Å². The third-order valence-corrected chi connectivity index (χ3v) is 6.09. The molecule has 0 spiro atoms. The zero-order valence-electron chi connectivity index (χ0n) is 18.7. The predicted molar refractivity (Wildman–Crippen MR) is 127 cm³/mol. The Kier molecular flexibility index (Phi) is 6.40. The molecule has 5 rings (SSSR count). The molecule has 1 amide bonds. The minimum absolute atomic E-state index is 0.136. The predicted octanol–water partition coefficient (Wildman–Crippen LogP) is 3.36. The Balaban J connectivity index is 1.15. The number of amides is 1. The molecule has 0 atom stereocenters. The van der Waals surface area contributed by atoms with E-state index < -0.39 is 0 Å². The van der Waals surface area contributed by atoms with Crippen molar-refractivity contribution in [3.8, 4) is 16.8 Å². The van der Waals surface area contributed by atoms with Crippen LogP contribution in [0.5, 0.6) is 0 Å². The number of halogens is 1. The first kappa shape index (κ1) is 21.9. The van der Waals surface area contributed by atoms with Crippen LogP contribution in [0.2, 0.25) is 0 Å². The van der Waals surface area contributed by atoms with Gasteiger partial charge in [0.2, 0.25) is 5.91 Å². The van der Waals surface area contributed by atoms with Gasteiger partial charge in [0, 0.05) is 26.2 Å². The highest BCUT2D eigenvalue weighted by Crippen LogP contribution is 2.20. The van der Waals surface area contributed by atoms with Crippen molar-refractivity contribution < 1.29 is 9.18 Å². The van der Waals surface area contributed by atoms with E-state index in [1.807, 2.05) is 35.2 Å². The normalized spacial score (nSPS) is 14.3. The van der Waals surface area contributed by atoms with Crippen molar-refractivity contribution in [2.75, 3.05) is 26.2 Å². The number of hydrogen-bond acceptors (Lipinski definition) is 5. The quantitative estimate of drug-likeness (QED) is 0.445. The number of carbonyl (C=O) groups excluding carboxylic acids is 1. The van der Waals surface area contributed by atoms with Crippen molar-refractivity contribution in [1.29, 1.82) is 0 Å². The van der Waals surface area contributed by atoms with Crippen molar-refractivity contribution in [3.63, 3.8) is 0 Å². The summed E-state index contributed by atoms with van der Waals surface area (Å²) in [4.78, 5) is 17.0. The summed E-state index contributed by atoms with van der Waals surface area (Å²) in [5.74, 6) is 0.446. The Hall–Kier alpha value is -3.91. The standard InChI is InChI=1S/C26H25FN6O/c27-23-7-4-8-24(18-23)33-25(28-29-30-33)19-31-13-15-32(16-14-31)26(34)17-20-9-11-22(12-10-20)21-5-2-1-3-6-21/h1-12,18H,13-17,19H2. The maximum absolute atomic E-state index is 13.6. The smallest absolute Gasteiger partial charge is 0.227 e. The Morgan fingerprint density at radius 1 is 0.853 bits per heavy atom. The molecule has 3 aromatic carbocycles. The lowest BCUT2D eigenvalue weighted by molar-refractivity contribution is -0.132. The molecular weight excluding hydrogens is 431 g/mol. The number of piperazine rings is 1. The van der Waals surface area contributed by atoms with Crippen molar-refractivity contribution in [2.45, 2.75) is 13.0 Å². The highest BCUT2D eigenvalue weighted by atomic mass is 19.1. The van der Waals surface area contributed by atoms with Crippen LogP contribution in [-0.2, 0) is 17.8 Å². The largest absolute Gasteiger partial charge is 0.340 e. The summed E-state index contributed by atoms with van der Waals surface area (Å²) < 4.78 is 15.1. The monoisotopic (exact) mass is 456 g/mol. The molecule has 1 fully saturated rings. The van der Waals surface area contributed by atoms with E-state index in [2.05, 4.69) is 44.7 Å². The van der Waals surface area contributed by atoms with Crippen molar-refractivity contribution >= 4 is 5.91 Å². The topological polar surface area (TPSA) is 67.2 Å². The summed E-state index contributed by atoms with van der Waals surface area (Å²) in [6.07, 6.45) is 0.396. The molecule has 0 N–H and O–H groups in total. The Labute approximate surface area is 197 Å². The number of benzene rings is 3. The van der Waals surface area contributed by atoms with Crippen LogP contribution in [0, 0.1) is 5.82 Å². The number of nitrogens with zero attached hydrogens (tertiary/aromatic N) is 6. The van der Waals surface area contributed by atoms with Gasteiger partial charge >= 0.3 is 0 Å². The number of aromatic nitrogens is 4. The minimum atomic E-state index is -0.333. The van der Waals surface area contributed by atoms with Crippen LogP contribution in [0.3, 0.4) is 0 Å². The fourth-order valence-electron chi connectivity index (χ4n) is 4.20. The molecule has 1 aliphatic rings. The average molecular weight is 457 g/mol. The van der Waals surface area contributed by atoms with Crippen LogP contribution in [0.25, 0.3) is 16.8 Å². The molecule has 0 bridgehead atoms. The molecule has 2 heterocycles. The summed E-state index contributed by atoms with van der Waals surface area (Å²) in [7, 11) is 0. The number of tetrazole rings is 1. The van der Waals surface area contributed by atoms with Gasteiger partial charge in [-0.25, -0.2) is 4.39 Å². The van der Waals surface area contributed by atoms with Gasteiger partial charge in [0.15, 0.2) is 5.82 Å². The lowest BCUT2D eigenvalue weighted by Crippen LogP contribution is -2.48. The van der Waals surface area contributed by atoms with Crippen LogP contribution in [0.15, 0.2) is 78.9 Å². The van der Waals surface area contributed by atoms with E-state index in [1.165, 1.54) is 17.7 Å².